The number of carbonyl (C=O) groups excluding carboxylic acids is 1. The molecule has 0 N–H and O–H groups in total. The number of amides is 1. The quantitative estimate of drug-likeness (QED) is 0.153. The summed E-state index contributed by atoms with van der Waals surface area (Å²) in [5.74, 6) is 3.54. The molecule has 304 valence electrons. The number of thiophene rings is 1. The van der Waals surface area contributed by atoms with Crippen LogP contribution in [0.25, 0.3) is 20.7 Å². The van der Waals surface area contributed by atoms with Gasteiger partial charge in [0.15, 0.2) is 17.3 Å². The Labute approximate surface area is 347 Å². The highest BCUT2D eigenvalue weighted by atomic mass is 32.2. The van der Waals surface area contributed by atoms with E-state index in [1.165, 1.54) is 25.6 Å². The van der Waals surface area contributed by atoms with Crippen LogP contribution in [-0.2, 0) is 13.1 Å². The minimum Gasteiger partial charge on any atom is -0.493 e. The van der Waals surface area contributed by atoms with Crippen molar-refractivity contribution in [2.45, 2.75) is 64.2 Å². The number of methoxy groups -OCH3 is 1. The van der Waals surface area contributed by atoms with Crippen LogP contribution in [0, 0.1) is 5.82 Å². The van der Waals surface area contributed by atoms with Gasteiger partial charge in [0, 0.05) is 57.9 Å². The van der Waals surface area contributed by atoms with Gasteiger partial charge in [0.1, 0.15) is 10.5 Å². The number of hydrogen-bond acceptors (Lipinski definition) is 11. The lowest BCUT2D eigenvalue weighted by Gasteiger charge is -2.35. The smallest absolute Gasteiger partial charge is 0.332 e. The van der Waals surface area contributed by atoms with Crippen LogP contribution in [0.15, 0.2) is 81.3 Å². The minimum absolute atomic E-state index is 0.0173. The monoisotopic (exact) mass is 834 g/mol. The molecule has 3 aliphatic rings. The van der Waals surface area contributed by atoms with E-state index >= 15 is 0 Å². The highest BCUT2D eigenvalue weighted by Crippen LogP contribution is 2.44. The number of nitrogens with zero attached hydrogens (tertiary/aromatic N) is 8. The zero-order chi connectivity index (χ0) is 40.8. The minimum atomic E-state index is -0.508. The molecule has 2 fully saturated rings. The normalized spacial score (nSPS) is 18.0. The van der Waals surface area contributed by atoms with E-state index in [0.717, 1.165) is 51.9 Å². The van der Waals surface area contributed by atoms with Crippen molar-refractivity contribution in [3.05, 3.63) is 121 Å². The highest BCUT2D eigenvalue weighted by Gasteiger charge is 2.35. The number of likely N-dealkylation sites (tertiary alicyclic amines) is 1. The number of thioether (sulfide) groups is 1. The molecule has 0 spiro atoms. The first-order valence-corrected chi connectivity index (χ1v) is 21.9. The van der Waals surface area contributed by atoms with E-state index in [1.807, 2.05) is 55.9 Å². The van der Waals surface area contributed by atoms with Crippen LogP contribution in [0.4, 0.5) is 4.39 Å². The number of ether oxygens (including phenoxy) is 2. The van der Waals surface area contributed by atoms with Crippen molar-refractivity contribution in [1.29, 1.82) is 0 Å². The molecule has 16 heteroatoms. The lowest BCUT2D eigenvalue weighted by Crippen LogP contribution is -2.46. The summed E-state index contributed by atoms with van der Waals surface area (Å²) in [5, 5.41) is 12.5. The molecule has 1 amide bonds. The van der Waals surface area contributed by atoms with Crippen LogP contribution in [0.5, 0.6) is 11.5 Å². The van der Waals surface area contributed by atoms with Crippen molar-refractivity contribution in [3.63, 3.8) is 0 Å². The number of fused-ring (bicyclic) bond motifs is 4. The number of aryl methyl sites for hydroxylation is 1. The van der Waals surface area contributed by atoms with Crippen molar-refractivity contribution in [2.24, 2.45) is 4.99 Å². The molecule has 3 aromatic carbocycles. The molecule has 0 saturated carbocycles. The Morgan fingerprint density at radius 2 is 1.76 bits per heavy atom. The Hall–Kier alpha value is -5.61. The molecule has 2 saturated heterocycles. The number of piperidine rings is 1. The van der Waals surface area contributed by atoms with Gasteiger partial charge in [-0.05, 0) is 86.0 Å². The van der Waals surface area contributed by atoms with Crippen LogP contribution >= 0.6 is 23.1 Å². The number of rotatable bonds is 10. The summed E-state index contributed by atoms with van der Waals surface area (Å²) in [6.07, 6.45) is 1.80. The number of tetrazole rings is 1. The maximum Gasteiger partial charge on any atom is 0.332 e. The van der Waals surface area contributed by atoms with Gasteiger partial charge >= 0.3 is 5.69 Å². The van der Waals surface area contributed by atoms with Gasteiger partial charge in [-0.2, -0.15) is 16.6 Å². The predicted molar refractivity (Wildman–Crippen MR) is 227 cm³/mol. The number of halogens is 1. The molecule has 3 aromatic heterocycles. The summed E-state index contributed by atoms with van der Waals surface area (Å²) >= 11 is 3.11. The molecule has 9 rings (SSSR count). The van der Waals surface area contributed by atoms with Gasteiger partial charge < -0.3 is 14.4 Å². The molecule has 13 nitrogen and oxygen atoms in total. The van der Waals surface area contributed by atoms with Crippen LogP contribution in [0.1, 0.15) is 77.9 Å². The lowest BCUT2D eigenvalue weighted by atomic mass is 9.81. The van der Waals surface area contributed by atoms with Gasteiger partial charge in [-0.1, -0.05) is 30.3 Å². The maximum absolute atomic E-state index is 14.9. The largest absolute Gasteiger partial charge is 0.493 e. The molecular formula is C43H43FN8O5S2. The van der Waals surface area contributed by atoms with Gasteiger partial charge in [-0.25, -0.2) is 9.18 Å². The van der Waals surface area contributed by atoms with E-state index in [2.05, 4.69) is 21.5 Å². The molecule has 0 aliphatic carbocycles. The van der Waals surface area contributed by atoms with Crippen molar-refractivity contribution in [3.8, 4) is 21.9 Å². The van der Waals surface area contributed by atoms with E-state index in [9.17, 15) is 18.8 Å². The summed E-state index contributed by atoms with van der Waals surface area (Å²) in [7, 11) is 1.65. The van der Waals surface area contributed by atoms with Gasteiger partial charge in [0.05, 0.1) is 44.1 Å². The topological polar surface area (TPSA) is 139 Å². The first-order valence-electron chi connectivity index (χ1n) is 20.0. The number of benzene rings is 3. The van der Waals surface area contributed by atoms with Crippen molar-refractivity contribution in [2.75, 3.05) is 38.3 Å². The molecule has 3 aliphatic heterocycles. The Bertz CT molecular complexity index is 2720. The molecule has 0 bridgehead atoms. The summed E-state index contributed by atoms with van der Waals surface area (Å²) in [5.41, 5.74) is 4.40. The van der Waals surface area contributed by atoms with Gasteiger partial charge in [0.25, 0.3) is 11.5 Å². The zero-order valence-electron chi connectivity index (χ0n) is 33.0. The molecule has 0 radical (unpaired) electrons. The third-order valence-electron chi connectivity index (χ3n) is 11.5. The summed E-state index contributed by atoms with van der Waals surface area (Å²) in [4.78, 5) is 51.4. The van der Waals surface area contributed by atoms with Gasteiger partial charge in [-0.3, -0.25) is 23.7 Å². The van der Waals surface area contributed by atoms with E-state index in [4.69, 9.17) is 14.5 Å². The van der Waals surface area contributed by atoms with Crippen molar-refractivity contribution < 1.29 is 18.7 Å². The van der Waals surface area contributed by atoms with E-state index in [0.29, 0.717) is 82.8 Å². The summed E-state index contributed by atoms with van der Waals surface area (Å²) < 4.78 is 29.7. The molecule has 2 atom stereocenters. The van der Waals surface area contributed by atoms with Crippen LogP contribution in [0.2, 0.25) is 0 Å². The van der Waals surface area contributed by atoms with Crippen LogP contribution in [0.3, 0.4) is 0 Å². The van der Waals surface area contributed by atoms with Crippen molar-refractivity contribution >= 4 is 44.9 Å². The molecule has 59 heavy (non-hydrogen) atoms. The fourth-order valence-corrected chi connectivity index (χ4v) is 10.8. The molecule has 0 unspecified atom stereocenters. The number of aromatic nitrogens is 6. The third kappa shape index (κ3) is 7.15. The Kier molecular flexibility index (Phi) is 10.7. The summed E-state index contributed by atoms with van der Waals surface area (Å²) in [6.45, 7) is 5.59. The molecule has 6 aromatic rings. The highest BCUT2D eigenvalue weighted by molar-refractivity contribution is 7.99. The fraction of sp³-hybridized carbons (Fsp3) is 0.372. The Morgan fingerprint density at radius 1 is 0.966 bits per heavy atom. The van der Waals surface area contributed by atoms with Gasteiger partial charge in [0.2, 0.25) is 0 Å². The second kappa shape index (κ2) is 16.2. The Balaban J connectivity index is 0.972. The second-order valence-corrected chi connectivity index (χ2v) is 17.1. The average molecular weight is 835 g/mol. The van der Waals surface area contributed by atoms with E-state index in [-0.39, 0.29) is 18.5 Å². The maximum atomic E-state index is 14.9. The standard InChI is InChI=1S/C43H43FN8O5S2/c1-4-51-47-38(46-48-51)23-50-34-22-37(28-8-6-7-9-32(28)44)59-40(34)42(54)52(43(50)55)27-14-17-49(18-15-27)41(53)26-12-10-25(11-13-26)39-30-21-35(56-3)36(57-5-2)20-29(30)31-24-58-19-16-33(31)45-39/h6-13,20-22,27,31,33H,4-5,14-19,23-24H2,1-3H3/t31-,33-/m1/s1. The molecular weight excluding hydrogens is 792 g/mol. The average Bonchev–Trinajstić information content (AvgIpc) is 3.93. The lowest BCUT2D eigenvalue weighted by molar-refractivity contribution is 0.0691. The fourth-order valence-electron chi connectivity index (χ4n) is 8.49. The first-order chi connectivity index (χ1) is 28.8. The number of hydrogen-bond donors (Lipinski definition) is 0. The predicted octanol–water partition coefficient (Wildman–Crippen LogP) is 6.41. The van der Waals surface area contributed by atoms with E-state index < -0.39 is 23.1 Å². The van der Waals surface area contributed by atoms with E-state index in [1.54, 1.807) is 36.3 Å². The van der Waals surface area contributed by atoms with Gasteiger partial charge in [-0.15, -0.1) is 21.5 Å². The number of aliphatic imine (C=N–C) groups is 1. The summed E-state index contributed by atoms with van der Waals surface area (Å²) in [6, 6.07) is 19.5. The van der Waals surface area contributed by atoms with Crippen molar-refractivity contribution in [1.82, 2.24) is 34.2 Å². The van der Waals surface area contributed by atoms with Crippen LogP contribution < -0.4 is 20.7 Å². The van der Waals surface area contributed by atoms with Crippen LogP contribution in [-0.4, -0.2) is 90.2 Å². The zero-order valence-corrected chi connectivity index (χ0v) is 34.6. The number of carbonyl (C=O) groups is 1. The SMILES string of the molecule is CCOc1cc2c(cc1OC)C(c1ccc(C(=O)N3CCC(n4c(=O)c5sc(-c6ccccc6F)cc5n(Cc5nnn(CC)n5)c4=O)CC3)cc1)=N[C@@H]1CCSC[C@H]21. The molecule has 6 heterocycles. The third-order valence-corrected chi connectivity index (χ3v) is 13.8. The Morgan fingerprint density at radius 3 is 2.49 bits per heavy atom. The first kappa shape index (κ1) is 38.9. The second-order valence-electron chi connectivity index (χ2n) is 14.9.